The van der Waals surface area contributed by atoms with E-state index < -0.39 is 0 Å². The van der Waals surface area contributed by atoms with Crippen molar-refractivity contribution in [3.63, 3.8) is 0 Å². The van der Waals surface area contributed by atoms with Crippen LogP contribution in [0.5, 0.6) is 0 Å². The normalized spacial score (nSPS) is 48.1. The molecule has 6 fully saturated rings. The van der Waals surface area contributed by atoms with Crippen LogP contribution in [0.1, 0.15) is 141 Å². The number of rotatable bonds is 6. The lowest BCUT2D eigenvalue weighted by Gasteiger charge is -2.61. The number of ether oxygens (including phenoxy) is 1. The quantitative estimate of drug-likeness (QED) is 0.304. The molecule has 0 bridgehead atoms. The fourth-order valence-corrected chi connectivity index (χ4v) is 11.8. The van der Waals surface area contributed by atoms with Crippen molar-refractivity contribution in [2.45, 2.75) is 178 Å². The molecule has 43 heavy (non-hydrogen) atoms. The summed E-state index contributed by atoms with van der Waals surface area (Å²) in [5.41, 5.74) is 0. The molecule has 0 amide bonds. The van der Waals surface area contributed by atoms with Gasteiger partial charge in [-0.15, -0.1) is 0 Å². The molecule has 0 aromatic carbocycles. The SMILES string of the molecule is C1=CC(C2CCC(C3NC(C4CCC(C5CCCCC5)CC4)N3C3CCCC(C4NC5C=CCCC5O4)C3)CC2)CCC1. The average Bonchev–Trinajstić information content (AvgIpc) is 3.51. The zero-order valence-electron chi connectivity index (χ0n) is 27.2. The molecule has 2 N–H and O–H groups in total. The van der Waals surface area contributed by atoms with Gasteiger partial charge in [-0.25, -0.2) is 0 Å². The summed E-state index contributed by atoms with van der Waals surface area (Å²) in [6.45, 7) is 0. The molecule has 4 nitrogen and oxygen atoms in total. The third-order valence-corrected chi connectivity index (χ3v) is 14.3. The molecule has 6 aliphatic carbocycles. The molecule has 4 heteroatoms. The van der Waals surface area contributed by atoms with Crippen molar-refractivity contribution in [2.24, 2.45) is 41.4 Å². The fourth-order valence-electron chi connectivity index (χ4n) is 11.8. The molecular formula is C39H63N3O. The maximum Gasteiger partial charge on any atom is 0.112 e. The molecule has 2 saturated heterocycles. The van der Waals surface area contributed by atoms with Gasteiger partial charge in [0, 0.05) is 12.0 Å². The Kier molecular flexibility index (Phi) is 9.38. The zero-order chi connectivity index (χ0) is 28.6. The van der Waals surface area contributed by atoms with E-state index in [-0.39, 0.29) is 6.23 Å². The minimum Gasteiger partial charge on any atom is -0.358 e. The van der Waals surface area contributed by atoms with Gasteiger partial charge in [0.2, 0.25) is 0 Å². The lowest BCUT2D eigenvalue weighted by molar-refractivity contribution is -0.145. The molecule has 0 spiro atoms. The number of nitrogens with zero attached hydrogens (tertiary/aromatic N) is 1. The van der Waals surface area contributed by atoms with Crippen LogP contribution in [0, 0.1) is 41.4 Å². The van der Waals surface area contributed by atoms with E-state index in [0.717, 1.165) is 41.5 Å². The van der Waals surface area contributed by atoms with Crippen molar-refractivity contribution in [3.05, 3.63) is 24.3 Å². The molecule has 8 aliphatic rings. The van der Waals surface area contributed by atoms with Gasteiger partial charge in [-0.3, -0.25) is 15.5 Å². The highest BCUT2D eigenvalue weighted by Gasteiger charge is 2.51. The maximum absolute atomic E-state index is 6.71. The van der Waals surface area contributed by atoms with Gasteiger partial charge in [0.05, 0.1) is 24.5 Å². The van der Waals surface area contributed by atoms with Crippen LogP contribution < -0.4 is 10.6 Å². The van der Waals surface area contributed by atoms with Crippen LogP contribution in [0.2, 0.25) is 0 Å². The highest BCUT2D eigenvalue weighted by Crippen LogP contribution is 2.48. The Balaban J connectivity index is 0.932. The van der Waals surface area contributed by atoms with E-state index in [4.69, 9.17) is 4.74 Å². The number of nitrogens with one attached hydrogen (secondary N) is 2. The van der Waals surface area contributed by atoms with Crippen molar-refractivity contribution in [1.29, 1.82) is 0 Å². The number of fused-ring (bicyclic) bond motifs is 1. The second-order valence-corrected chi connectivity index (χ2v) is 16.6. The number of allylic oxidation sites excluding steroid dienone is 3. The molecule has 240 valence electrons. The van der Waals surface area contributed by atoms with Crippen molar-refractivity contribution < 1.29 is 4.74 Å². The van der Waals surface area contributed by atoms with Crippen LogP contribution in [-0.4, -0.2) is 41.6 Å². The summed E-state index contributed by atoms with van der Waals surface area (Å²) in [5, 5.41) is 8.27. The smallest absolute Gasteiger partial charge is 0.112 e. The van der Waals surface area contributed by atoms with E-state index in [9.17, 15) is 0 Å². The highest BCUT2D eigenvalue weighted by molar-refractivity contribution is 5.08. The molecule has 0 radical (unpaired) electrons. The van der Waals surface area contributed by atoms with Gasteiger partial charge < -0.3 is 4.74 Å². The third-order valence-electron chi connectivity index (χ3n) is 14.3. The molecule has 8 unspecified atom stereocenters. The van der Waals surface area contributed by atoms with Gasteiger partial charge in [0.1, 0.15) is 6.23 Å². The summed E-state index contributed by atoms with van der Waals surface area (Å²) >= 11 is 0. The topological polar surface area (TPSA) is 36.5 Å². The Bertz CT molecular complexity index is 958. The first kappa shape index (κ1) is 29.7. The summed E-state index contributed by atoms with van der Waals surface area (Å²) in [6.07, 6.45) is 43.2. The summed E-state index contributed by atoms with van der Waals surface area (Å²) in [6, 6.07) is 1.20. The summed E-state index contributed by atoms with van der Waals surface area (Å²) in [4.78, 5) is 3.13. The molecule has 8 atom stereocenters. The Labute approximate surface area is 263 Å². The molecule has 0 aromatic heterocycles. The maximum atomic E-state index is 6.71. The predicted octanol–water partition coefficient (Wildman–Crippen LogP) is 8.69. The van der Waals surface area contributed by atoms with Gasteiger partial charge in [0.25, 0.3) is 0 Å². The van der Waals surface area contributed by atoms with E-state index in [0.29, 0.717) is 30.4 Å². The third kappa shape index (κ3) is 6.35. The zero-order valence-corrected chi connectivity index (χ0v) is 27.2. The summed E-state index contributed by atoms with van der Waals surface area (Å²) in [5.74, 6) is 6.32. The number of hydrogen-bond donors (Lipinski definition) is 2. The lowest BCUT2D eigenvalue weighted by atomic mass is 9.68. The van der Waals surface area contributed by atoms with Crippen LogP contribution >= 0.6 is 0 Å². The Morgan fingerprint density at radius 3 is 1.91 bits per heavy atom. The molecular weight excluding hydrogens is 526 g/mol. The van der Waals surface area contributed by atoms with Crippen molar-refractivity contribution in [1.82, 2.24) is 15.5 Å². The van der Waals surface area contributed by atoms with E-state index in [1.807, 2.05) is 0 Å². The van der Waals surface area contributed by atoms with E-state index >= 15 is 0 Å². The lowest BCUT2D eigenvalue weighted by Crippen LogP contribution is -2.77. The summed E-state index contributed by atoms with van der Waals surface area (Å²) < 4.78 is 6.71. The first-order chi connectivity index (χ1) is 21.3. The first-order valence-corrected chi connectivity index (χ1v) is 19.6. The Morgan fingerprint density at radius 2 is 1.19 bits per heavy atom. The van der Waals surface area contributed by atoms with Gasteiger partial charge in [0.15, 0.2) is 0 Å². The van der Waals surface area contributed by atoms with Crippen molar-refractivity contribution in [3.8, 4) is 0 Å². The molecule has 0 aromatic rings. The van der Waals surface area contributed by atoms with E-state index in [1.165, 1.54) is 141 Å². The van der Waals surface area contributed by atoms with Crippen LogP contribution in [0.15, 0.2) is 24.3 Å². The highest BCUT2D eigenvalue weighted by atomic mass is 16.5. The first-order valence-electron chi connectivity index (χ1n) is 19.6. The standard InChI is InChI=1S/C39H63N3O/c1-3-10-27(11-4-1)29-18-22-31(23-19-29)37-41-38(32-24-20-30(21-25-32)28-12-5-2-6-13-28)42(37)34-15-9-14-33(26-34)39-40-35-16-7-8-17-36(35)43-39/h3,7,10,16,27-41H,1-2,4-6,8-9,11-15,17-26H2. The molecule has 4 saturated carbocycles. The monoisotopic (exact) mass is 589 g/mol. The largest absolute Gasteiger partial charge is 0.358 e. The van der Waals surface area contributed by atoms with Crippen molar-refractivity contribution >= 4 is 0 Å². The van der Waals surface area contributed by atoms with Gasteiger partial charge in [-0.2, -0.15) is 0 Å². The van der Waals surface area contributed by atoms with Gasteiger partial charge >= 0.3 is 0 Å². The van der Waals surface area contributed by atoms with Crippen LogP contribution in [0.3, 0.4) is 0 Å². The second-order valence-electron chi connectivity index (χ2n) is 16.6. The van der Waals surface area contributed by atoms with Crippen LogP contribution in [0.4, 0.5) is 0 Å². The van der Waals surface area contributed by atoms with E-state index in [1.54, 1.807) is 0 Å². The predicted molar refractivity (Wildman–Crippen MR) is 176 cm³/mol. The minimum atomic E-state index is 0.275. The fraction of sp³-hybridized carbons (Fsp3) is 0.897. The van der Waals surface area contributed by atoms with Crippen molar-refractivity contribution in [2.75, 3.05) is 0 Å². The minimum absolute atomic E-state index is 0.275. The van der Waals surface area contributed by atoms with E-state index in [2.05, 4.69) is 39.8 Å². The molecule has 2 aliphatic heterocycles. The molecule has 2 heterocycles. The average molecular weight is 590 g/mol. The Hall–Kier alpha value is -0.680. The summed E-state index contributed by atoms with van der Waals surface area (Å²) in [7, 11) is 0. The van der Waals surface area contributed by atoms with Crippen LogP contribution in [-0.2, 0) is 4.74 Å². The van der Waals surface area contributed by atoms with Crippen LogP contribution in [0.25, 0.3) is 0 Å². The second kappa shape index (κ2) is 13.6. The van der Waals surface area contributed by atoms with Gasteiger partial charge in [-0.1, -0.05) is 62.8 Å². The Morgan fingerprint density at radius 1 is 0.512 bits per heavy atom. The molecule has 8 rings (SSSR count). The number of hydrogen-bond acceptors (Lipinski definition) is 4. The van der Waals surface area contributed by atoms with Gasteiger partial charge in [-0.05, 0) is 138 Å².